The van der Waals surface area contributed by atoms with E-state index in [1.165, 1.54) is 6.92 Å². The molecule has 0 aliphatic heterocycles. The van der Waals surface area contributed by atoms with Crippen LogP contribution in [0.5, 0.6) is 0 Å². The van der Waals surface area contributed by atoms with Gasteiger partial charge in [0.25, 0.3) is 0 Å². The van der Waals surface area contributed by atoms with Crippen molar-refractivity contribution in [3.8, 4) is 0 Å². The number of aliphatic hydroxyl groups excluding tert-OH is 1. The molecule has 8 heteroatoms. The number of ketones is 1. The number of hydrogen-bond acceptors (Lipinski definition) is 3. The largest absolute Gasteiger partial charge is 0.456 e. The van der Waals surface area contributed by atoms with Crippen molar-refractivity contribution in [1.82, 2.24) is 0 Å². The molecule has 0 heterocycles. The minimum atomic E-state index is -5.86. The molecule has 0 aromatic carbocycles. The van der Waals surface area contributed by atoms with Crippen LogP contribution in [0.1, 0.15) is 58.8 Å². The second-order valence-electron chi connectivity index (χ2n) is 10.0. The monoisotopic (exact) mass is 422 g/mol. The van der Waals surface area contributed by atoms with E-state index in [1.54, 1.807) is 6.08 Å². The molecule has 4 unspecified atom stereocenters. The average Bonchev–Trinajstić information content (AvgIpc) is 2.86. The zero-order valence-electron chi connectivity index (χ0n) is 16.5. The third-order valence-electron chi connectivity index (χ3n) is 8.92. The van der Waals surface area contributed by atoms with Crippen molar-refractivity contribution >= 4 is 5.78 Å². The molecular weight excluding hydrogens is 395 g/mol. The van der Waals surface area contributed by atoms with Gasteiger partial charge in [0.1, 0.15) is 5.60 Å². The summed E-state index contributed by atoms with van der Waals surface area (Å²) in [6.45, 7) is 3.27. The third-order valence-corrected chi connectivity index (χ3v) is 8.92. The van der Waals surface area contributed by atoms with Gasteiger partial charge in [-0.1, -0.05) is 19.4 Å². The SMILES string of the molecule is C[C@]12CCC(=O)C=C1CCC1C2C(O)C[C@@]2(C)C1CC[C@]2(O)C(F)(F)C(F)(F)F. The van der Waals surface area contributed by atoms with Crippen LogP contribution in [0.4, 0.5) is 22.0 Å². The summed E-state index contributed by atoms with van der Waals surface area (Å²) in [5.74, 6) is -6.33. The Labute approximate surface area is 166 Å². The lowest BCUT2D eigenvalue weighted by molar-refractivity contribution is -0.366. The van der Waals surface area contributed by atoms with E-state index in [0.29, 0.717) is 25.7 Å². The lowest BCUT2D eigenvalue weighted by atomic mass is 9.45. The van der Waals surface area contributed by atoms with Crippen LogP contribution in [0.3, 0.4) is 0 Å². The lowest BCUT2D eigenvalue weighted by Gasteiger charge is -2.61. The first-order valence-electron chi connectivity index (χ1n) is 10.3. The number of halogens is 5. The van der Waals surface area contributed by atoms with Crippen LogP contribution in [-0.4, -0.2) is 39.8 Å². The molecule has 29 heavy (non-hydrogen) atoms. The molecule has 0 aromatic heterocycles. The van der Waals surface area contributed by atoms with Gasteiger partial charge in [0.05, 0.1) is 6.10 Å². The highest BCUT2D eigenvalue weighted by Crippen LogP contribution is 2.70. The van der Waals surface area contributed by atoms with Crippen LogP contribution in [0.2, 0.25) is 0 Å². The molecule has 2 N–H and O–H groups in total. The minimum absolute atomic E-state index is 0.0334. The highest BCUT2D eigenvalue weighted by atomic mass is 19.4. The summed E-state index contributed by atoms with van der Waals surface area (Å²) in [4.78, 5) is 11.9. The zero-order chi connectivity index (χ0) is 21.6. The maximum atomic E-state index is 14.5. The van der Waals surface area contributed by atoms with Crippen molar-refractivity contribution in [2.45, 2.75) is 82.6 Å². The van der Waals surface area contributed by atoms with E-state index >= 15 is 0 Å². The van der Waals surface area contributed by atoms with Gasteiger partial charge in [-0.05, 0) is 67.8 Å². The molecule has 4 aliphatic carbocycles. The summed E-state index contributed by atoms with van der Waals surface area (Å²) in [6, 6.07) is 0. The summed E-state index contributed by atoms with van der Waals surface area (Å²) < 4.78 is 68.5. The molecule has 0 spiro atoms. The Bertz CT molecular complexity index is 762. The number of hydrogen-bond donors (Lipinski definition) is 2. The summed E-state index contributed by atoms with van der Waals surface area (Å²) >= 11 is 0. The molecule has 0 saturated heterocycles. The fraction of sp³-hybridized carbons (Fsp3) is 0.857. The number of fused-ring (bicyclic) bond motifs is 5. The molecule has 0 bridgehead atoms. The number of aliphatic hydroxyl groups is 2. The first-order valence-corrected chi connectivity index (χ1v) is 10.3. The molecule has 4 rings (SSSR count). The maximum Gasteiger partial charge on any atom is 0.456 e. The highest BCUT2D eigenvalue weighted by Gasteiger charge is 2.79. The first kappa shape index (κ1) is 21.2. The normalized spacial score (nSPS) is 47.9. The van der Waals surface area contributed by atoms with E-state index in [4.69, 9.17) is 0 Å². The molecule has 0 amide bonds. The van der Waals surface area contributed by atoms with Crippen molar-refractivity contribution in [3.63, 3.8) is 0 Å². The molecule has 7 atom stereocenters. The van der Waals surface area contributed by atoms with Gasteiger partial charge in [0.2, 0.25) is 0 Å². The van der Waals surface area contributed by atoms with Gasteiger partial charge in [-0.15, -0.1) is 0 Å². The topological polar surface area (TPSA) is 57.5 Å². The predicted molar refractivity (Wildman–Crippen MR) is 94.1 cm³/mol. The van der Waals surface area contributed by atoms with Crippen LogP contribution in [0, 0.1) is 28.6 Å². The fourth-order valence-corrected chi connectivity index (χ4v) is 7.44. The Kier molecular flexibility index (Phi) is 4.41. The van der Waals surface area contributed by atoms with E-state index in [2.05, 4.69) is 0 Å². The Morgan fingerprint density at radius 2 is 1.72 bits per heavy atom. The number of allylic oxidation sites excluding steroid dienone is 1. The zero-order valence-corrected chi connectivity index (χ0v) is 16.5. The van der Waals surface area contributed by atoms with Gasteiger partial charge in [-0.25, -0.2) is 0 Å². The van der Waals surface area contributed by atoms with Crippen molar-refractivity contribution in [3.05, 3.63) is 11.6 Å². The van der Waals surface area contributed by atoms with Crippen molar-refractivity contribution in [2.24, 2.45) is 28.6 Å². The van der Waals surface area contributed by atoms with Crippen LogP contribution in [0.25, 0.3) is 0 Å². The predicted octanol–water partition coefficient (Wildman–Crippen LogP) is 4.42. The summed E-state index contributed by atoms with van der Waals surface area (Å²) in [7, 11) is 0. The van der Waals surface area contributed by atoms with Gasteiger partial charge in [-0.3, -0.25) is 4.79 Å². The maximum absolute atomic E-state index is 14.5. The Morgan fingerprint density at radius 3 is 2.34 bits per heavy atom. The first-order chi connectivity index (χ1) is 13.2. The number of alkyl halides is 5. The molecule has 0 radical (unpaired) electrons. The van der Waals surface area contributed by atoms with Gasteiger partial charge in [0, 0.05) is 11.8 Å². The van der Waals surface area contributed by atoms with Gasteiger partial charge >= 0.3 is 12.1 Å². The van der Waals surface area contributed by atoms with Crippen molar-refractivity contribution in [2.75, 3.05) is 0 Å². The van der Waals surface area contributed by atoms with E-state index in [9.17, 15) is 37.0 Å². The second-order valence-corrected chi connectivity index (χ2v) is 10.0. The molecular formula is C21H27F5O3. The van der Waals surface area contributed by atoms with Crippen LogP contribution >= 0.6 is 0 Å². The Morgan fingerprint density at radius 1 is 1.07 bits per heavy atom. The molecule has 0 aromatic rings. The Hall–Kier alpha value is -1.02. The molecule has 3 nitrogen and oxygen atoms in total. The summed E-state index contributed by atoms with van der Waals surface area (Å²) in [5, 5.41) is 21.8. The molecule has 3 fully saturated rings. The van der Waals surface area contributed by atoms with Gasteiger partial charge < -0.3 is 10.2 Å². The molecule has 3 saturated carbocycles. The minimum Gasteiger partial charge on any atom is -0.393 e. The van der Waals surface area contributed by atoms with E-state index < -0.39 is 47.0 Å². The van der Waals surface area contributed by atoms with E-state index in [1.807, 2.05) is 6.92 Å². The smallest absolute Gasteiger partial charge is 0.393 e. The Balaban J connectivity index is 1.75. The number of carbonyl (C=O) groups excluding carboxylic acids is 1. The standard InChI is InChI=1S/C21H27F5O3/c1-17-7-5-12(27)9-11(17)3-4-13-14-6-8-19(29,20(22,23)21(24,25)26)18(14,2)10-15(28)16(13)17/h9,13-16,28-29H,3-8,10H2,1-2H3/t13?,14?,15?,16?,17-,18-,19+/m0/s1. The summed E-state index contributed by atoms with van der Waals surface area (Å²) in [6.07, 6.45) is -4.26. The number of carbonyl (C=O) groups is 1. The quantitative estimate of drug-likeness (QED) is 0.615. The lowest BCUT2D eigenvalue weighted by Crippen LogP contribution is -2.67. The molecule has 164 valence electrons. The average molecular weight is 422 g/mol. The summed E-state index contributed by atoms with van der Waals surface area (Å²) in [5.41, 5.74) is -4.50. The van der Waals surface area contributed by atoms with Crippen molar-refractivity contribution in [1.29, 1.82) is 0 Å². The number of rotatable bonds is 1. The molecule has 4 aliphatic rings. The van der Waals surface area contributed by atoms with E-state index in [0.717, 1.165) is 5.57 Å². The van der Waals surface area contributed by atoms with Crippen LogP contribution in [0.15, 0.2) is 11.6 Å². The van der Waals surface area contributed by atoms with Crippen LogP contribution in [-0.2, 0) is 4.79 Å². The second kappa shape index (κ2) is 6.02. The third kappa shape index (κ3) is 2.51. The van der Waals surface area contributed by atoms with Gasteiger partial charge in [-0.2, -0.15) is 22.0 Å². The highest BCUT2D eigenvalue weighted by molar-refractivity contribution is 5.91. The fourth-order valence-electron chi connectivity index (χ4n) is 7.44. The van der Waals surface area contributed by atoms with Gasteiger partial charge in [0.15, 0.2) is 5.78 Å². The van der Waals surface area contributed by atoms with Crippen LogP contribution < -0.4 is 0 Å². The van der Waals surface area contributed by atoms with E-state index in [-0.39, 0.29) is 30.5 Å². The van der Waals surface area contributed by atoms with Crippen molar-refractivity contribution < 1.29 is 37.0 Å².